The lowest BCUT2D eigenvalue weighted by Crippen LogP contribution is -2.24. The van der Waals surface area contributed by atoms with E-state index in [1.54, 1.807) is 0 Å². The maximum Gasteiger partial charge on any atom is 0.309 e. The van der Waals surface area contributed by atoms with Crippen LogP contribution >= 0.6 is 22.6 Å². The van der Waals surface area contributed by atoms with E-state index in [9.17, 15) is 9.59 Å². The van der Waals surface area contributed by atoms with Gasteiger partial charge in [-0.25, -0.2) is 0 Å². The van der Waals surface area contributed by atoms with Crippen LogP contribution in [0.1, 0.15) is 46.0 Å². The van der Waals surface area contributed by atoms with E-state index in [0.717, 1.165) is 19.3 Å². The first-order chi connectivity index (χ1) is 8.13. The minimum Gasteiger partial charge on any atom is -0.466 e. The lowest BCUT2D eigenvalue weighted by atomic mass is 10.3. The molecule has 0 amide bonds. The Kier molecular flexibility index (Phi) is 10.6. The monoisotopic (exact) mass is 356 g/mol. The van der Waals surface area contributed by atoms with Gasteiger partial charge in [0.05, 0.1) is 13.0 Å². The molecule has 0 spiro atoms. The fourth-order valence-corrected chi connectivity index (χ4v) is 1.64. The van der Waals surface area contributed by atoms with Gasteiger partial charge < -0.3 is 9.47 Å². The van der Waals surface area contributed by atoms with Crippen LogP contribution in [0, 0.1) is 0 Å². The number of carbonyl (C=O) groups is 2. The van der Waals surface area contributed by atoms with Crippen LogP contribution in [-0.4, -0.2) is 29.1 Å². The molecule has 0 saturated carbocycles. The van der Waals surface area contributed by atoms with E-state index >= 15 is 0 Å². The molecule has 0 aromatic carbocycles. The third kappa shape index (κ3) is 9.38. The average Bonchev–Trinajstić information content (AvgIpc) is 2.28. The number of ether oxygens (including phenoxy) is 2. The van der Waals surface area contributed by atoms with Crippen LogP contribution in [0.4, 0.5) is 0 Å². The summed E-state index contributed by atoms with van der Waals surface area (Å²) < 4.78 is 10.8. The summed E-state index contributed by atoms with van der Waals surface area (Å²) in [5, 5.41) is 0. The van der Waals surface area contributed by atoms with Crippen molar-refractivity contribution in [3.05, 3.63) is 0 Å². The minimum atomic E-state index is -0.358. The predicted molar refractivity (Wildman–Crippen MR) is 74.2 cm³/mol. The molecule has 0 aromatic heterocycles. The van der Waals surface area contributed by atoms with Crippen LogP contribution in [0.2, 0.25) is 0 Å². The summed E-state index contributed by atoms with van der Waals surface area (Å²) in [4.78, 5) is 22.7. The van der Waals surface area contributed by atoms with Crippen LogP contribution in [0.5, 0.6) is 0 Å². The molecule has 0 saturated heterocycles. The van der Waals surface area contributed by atoms with Crippen molar-refractivity contribution in [3.63, 3.8) is 0 Å². The molecule has 4 nitrogen and oxygen atoms in total. The molecule has 17 heavy (non-hydrogen) atoms. The Morgan fingerprint density at radius 2 is 1.88 bits per heavy atom. The quantitative estimate of drug-likeness (QED) is 0.276. The number of esters is 2. The molecule has 0 rings (SSSR count). The molecule has 0 fully saturated rings. The molecule has 1 atom stereocenters. The van der Waals surface area contributed by atoms with E-state index in [1.807, 2.05) is 13.8 Å². The highest BCUT2D eigenvalue weighted by atomic mass is 127. The molecule has 0 aromatic rings. The van der Waals surface area contributed by atoms with Gasteiger partial charge in [0.2, 0.25) is 0 Å². The first-order valence-electron chi connectivity index (χ1n) is 6.05. The van der Waals surface area contributed by atoms with Gasteiger partial charge in [0.15, 0.2) is 0 Å². The van der Waals surface area contributed by atoms with Crippen LogP contribution in [-0.2, 0) is 19.1 Å². The van der Waals surface area contributed by atoms with Crippen molar-refractivity contribution in [3.8, 4) is 0 Å². The fraction of sp³-hybridized carbons (Fsp3) is 0.833. The summed E-state index contributed by atoms with van der Waals surface area (Å²) in [6, 6.07) is 0. The zero-order valence-corrected chi connectivity index (χ0v) is 12.7. The smallest absolute Gasteiger partial charge is 0.309 e. The number of halogens is 1. The number of hydrogen-bond donors (Lipinski definition) is 0. The Morgan fingerprint density at radius 1 is 1.18 bits per heavy atom. The minimum absolute atomic E-state index is 0.155. The van der Waals surface area contributed by atoms with Crippen molar-refractivity contribution in [2.45, 2.75) is 52.1 Å². The molecule has 5 heteroatoms. The maximum atomic E-state index is 11.4. The molecule has 0 aliphatic heterocycles. The number of alkyl halides is 1. The standard InChI is InChI=1S/C12H21IO4/c1-3-5-7-16-12(15)8-10(9-13)17-11(14)6-4-2/h10H,3-9H2,1-2H3. The Balaban J connectivity index is 3.86. The third-order valence-corrected chi connectivity index (χ3v) is 3.06. The van der Waals surface area contributed by atoms with Gasteiger partial charge in [-0.15, -0.1) is 0 Å². The van der Waals surface area contributed by atoms with Gasteiger partial charge in [-0.1, -0.05) is 42.9 Å². The van der Waals surface area contributed by atoms with Crippen molar-refractivity contribution in [1.29, 1.82) is 0 Å². The number of hydrogen-bond acceptors (Lipinski definition) is 4. The highest BCUT2D eigenvalue weighted by Gasteiger charge is 2.17. The predicted octanol–water partition coefficient (Wildman–Crippen LogP) is 2.87. The van der Waals surface area contributed by atoms with E-state index in [0.29, 0.717) is 17.5 Å². The zero-order valence-electron chi connectivity index (χ0n) is 10.5. The first-order valence-corrected chi connectivity index (χ1v) is 7.57. The molecular weight excluding hydrogens is 335 g/mol. The first kappa shape index (κ1) is 16.7. The second-order valence-corrected chi connectivity index (χ2v) is 4.68. The van der Waals surface area contributed by atoms with Gasteiger partial charge >= 0.3 is 11.9 Å². The molecule has 0 N–H and O–H groups in total. The van der Waals surface area contributed by atoms with Crippen LogP contribution in [0.25, 0.3) is 0 Å². The summed E-state index contributed by atoms with van der Waals surface area (Å²) in [5.41, 5.74) is 0. The second kappa shape index (κ2) is 10.8. The molecule has 0 radical (unpaired) electrons. The van der Waals surface area contributed by atoms with Gasteiger partial charge in [0, 0.05) is 10.8 Å². The van der Waals surface area contributed by atoms with E-state index in [-0.39, 0.29) is 24.5 Å². The van der Waals surface area contributed by atoms with Crippen LogP contribution in [0.15, 0.2) is 0 Å². The van der Waals surface area contributed by atoms with Crippen LogP contribution < -0.4 is 0 Å². The van der Waals surface area contributed by atoms with Crippen molar-refractivity contribution >= 4 is 34.5 Å². The second-order valence-electron chi connectivity index (χ2n) is 3.79. The highest BCUT2D eigenvalue weighted by Crippen LogP contribution is 2.07. The Bertz CT molecular complexity index is 231. The fourth-order valence-electron chi connectivity index (χ4n) is 1.15. The van der Waals surface area contributed by atoms with E-state index in [4.69, 9.17) is 9.47 Å². The van der Waals surface area contributed by atoms with Gasteiger partial charge in [-0.3, -0.25) is 9.59 Å². The van der Waals surface area contributed by atoms with Crippen molar-refractivity contribution in [2.24, 2.45) is 0 Å². The van der Waals surface area contributed by atoms with Gasteiger partial charge in [-0.05, 0) is 12.8 Å². The van der Waals surface area contributed by atoms with E-state index < -0.39 is 0 Å². The molecule has 0 aliphatic carbocycles. The van der Waals surface area contributed by atoms with Gasteiger partial charge in [0.25, 0.3) is 0 Å². The summed E-state index contributed by atoms with van der Waals surface area (Å²) in [7, 11) is 0. The van der Waals surface area contributed by atoms with Crippen molar-refractivity contribution < 1.29 is 19.1 Å². The summed E-state index contributed by atoms with van der Waals surface area (Å²) in [6.45, 7) is 4.40. The summed E-state index contributed by atoms with van der Waals surface area (Å²) in [5.74, 6) is -0.528. The molecule has 1 unspecified atom stereocenters. The molecule has 0 bridgehead atoms. The maximum absolute atomic E-state index is 11.4. The Labute approximate surface area is 117 Å². The van der Waals surface area contributed by atoms with Gasteiger partial charge in [0.1, 0.15) is 6.10 Å². The molecular formula is C12H21IO4. The molecule has 100 valence electrons. The normalized spacial score (nSPS) is 11.9. The lowest BCUT2D eigenvalue weighted by Gasteiger charge is -2.14. The molecule has 0 aliphatic rings. The lowest BCUT2D eigenvalue weighted by molar-refractivity contribution is -0.153. The third-order valence-electron chi connectivity index (χ3n) is 2.08. The molecule has 0 heterocycles. The van der Waals surface area contributed by atoms with Crippen molar-refractivity contribution in [1.82, 2.24) is 0 Å². The summed E-state index contributed by atoms with van der Waals surface area (Å²) in [6.07, 6.45) is 2.82. The largest absolute Gasteiger partial charge is 0.466 e. The average molecular weight is 356 g/mol. The highest BCUT2D eigenvalue weighted by molar-refractivity contribution is 14.1. The summed E-state index contributed by atoms with van der Waals surface area (Å²) >= 11 is 2.10. The SMILES string of the molecule is CCCCOC(=O)CC(CI)OC(=O)CCC. The topological polar surface area (TPSA) is 52.6 Å². The van der Waals surface area contributed by atoms with Crippen molar-refractivity contribution in [2.75, 3.05) is 11.0 Å². The van der Waals surface area contributed by atoms with E-state index in [2.05, 4.69) is 22.6 Å². The van der Waals surface area contributed by atoms with Crippen LogP contribution in [0.3, 0.4) is 0 Å². The van der Waals surface area contributed by atoms with Gasteiger partial charge in [-0.2, -0.15) is 0 Å². The number of unbranched alkanes of at least 4 members (excludes halogenated alkanes) is 1. The zero-order chi connectivity index (χ0) is 13.1. The Morgan fingerprint density at radius 3 is 2.41 bits per heavy atom. The Hall–Kier alpha value is -0.330. The number of rotatable bonds is 9. The van der Waals surface area contributed by atoms with E-state index in [1.165, 1.54) is 0 Å². The number of carbonyl (C=O) groups excluding carboxylic acids is 2.